The maximum Gasteiger partial charge on any atom is 0.282 e. The van der Waals surface area contributed by atoms with Crippen molar-refractivity contribution in [1.82, 2.24) is 10.1 Å². The molecule has 0 saturated carbocycles. The maximum absolute atomic E-state index is 12.9. The van der Waals surface area contributed by atoms with Crippen molar-refractivity contribution in [3.05, 3.63) is 40.6 Å². The van der Waals surface area contributed by atoms with Crippen LogP contribution < -0.4 is 0 Å². The number of amides is 1. The third kappa shape index (κ3) is 2.50. The van der Waals surface area contributed by atoms with E-state index in [2.05, 4.69) is 0 Å². The molecule has 7 heteroatoms. The van der Waals surface area contributed by atoms with Crippen LogP contribution in [0, 0.1) is 13.8 Å². The molecular formula is C17H22N2O5. The number of carbonyl (C=O) groups is 1. The number of hydrogen-bond donors (Lipinski definition) is 3. The van der Waals surface area contributed by atoms with Crippen molar-refractivity contribution >= 4 is 11.5 Å². The van der Waals surface area contributed by atoms with Gasteiger partial charge in [0.25, 0.3) is 5.91 Å². The van der Waals surface area contributed by atoms with E-state index in [1.165, 1.54) is 0 Å². The van der Waals surface area contributed by atoms with Gasteiger partial charge in [-0.3, -0.25) is 4.79 Å². The molecule has 0 radical (unpaired) electrons. The van der Waals surface area contributed by atoms with E-state index >= 15 is 0 Å². The number of hydroxylamine groups is 4. The van der Waals surface area contributed by atoms with E-state index in [9.17, 15) is 15.1 Å². The lowest BCUT2D eigenvalue weighted by molar-refractivity contribution is -0.253. The Balaban J connectivity index is 2.10. The first-order valence-corrected chi connectivity index (χ1v) is 7.94. The van der Waals surface area contributed by atoms with Crippen molar-refractivity contribution in [2.45, 2.75) is 32.2 Å². The van der Waals surface area contributed by atoms with Crippen LogP contribution in [0.15, 0.2) is 24.0 Å². The molecule has 1 aromatic rings. The van der Waals surface area contributed by atoms with Crippen LogP contribution in [0.25, 0.3) is 5.57 Å². The third-order valence-corrected chi connectivity index (χ3v) is 4.87. The van der Waals surface area contributed by atoms with Crippen molar-refractivity contribution in [1.29, 1.82) is 0 Å². The smallest absolute Gasteiger partial charge is 0.282 e. The Kier molecular flexibility index (Phi) is 4.35. The fourth-order valence-electron chi connectivity index (χ4n) is 3.61. The quantitative estimate of drug-likeness (QED) is 0.726. The normalized spacial score (nSPS) is 21.2. The minimum atomic E-state index is -1.05. The first-order valence-electron chi connectivity index (χ1n) is 7.94. The fourth-order valence-corrected chi connectivity index (χ4v) is 3.61. The van der Waals surface area contributed by atoms with E-state index in [1.54, 1.807) is 0 Å². The van der Waals surface area contributed by atoms with Crippen molar-refractivity contribution in [2.75, 3.05) is 19.9 Å². The fraction of sp³-hybridized carbons (Fsp3) is 0.471. The molecule has 0 atom stereocenters. The van der Waals surface area contributed by atoms with Gasteiger partial charge in [-0.2, -0.15) is 5.06 Å². The predicted molar refractivity (Wildman–Crippen MR) is 85.8 cm³/mol. The molecule has 2 heterocycles. The largest absolute Gasteiger partial charge is 0.509 e. The zero-order valence-corrected chi connectivity index (χ0v) is 13.8. The standard InChI is InChI=1S/C17H22N2O5/c1-11-3-4-13(12(2)9-11)14-15(21)17(5-7-18(23)8-6-17)19(16(14)22)24-10-20/h3-4,9,20-21,23H,5-8,10H2,1-2H3. The molecule has 2 aliphatic heterocycles. The molecule has 1 fully saturated rings. The van der Waals surface area contributed by atoms with Crippen LogP contribution in [0.3, 0.4) is 0 Å². The van der Waals surface area contributed by atoms with Gasteiger partial charge in [-0.15, -0.1) is 0 Å². The Bertz CT molecular complexity index is 692. The third-order valence-electron chi connectivity index (χ3n) is 4.87. The first-order chi connectivity index (χ1) is 11.4. The van der Waals surface area contributed by atoms with E-state index in [0.29, 0.717) is 31.5 Å². The maximum atomic E-state index is 12.9. The Hall–Kier alpha value is -1.93. The van der Waals surface area contributed by atoms with E-state index in [1.807, 2.05) is 32.0 Å². The lowest BCUT2D eigenvalue weighted by atomic mass is 9.85. The molecule has 3 rings (SSSR count). The number of nitrogens with zero attached hydrogens (tertiary/aromatic N) is 2. The number of piperidine rings is 1. The van der Waals surface area contributed by atoms with Crippen molar-refractivity contribution < 1.29 is 25.1 Å². The Morgan fingerprint density at radius 1 is 1.25 bits per heavy atom. The monoisotopic (exact) mass is 334 g/mol. The number of aryl methyl sites for hydroxylation is 2. The Morgan fingerprint density at radius 2 is 1.92 bits per heavy atom. The summed E-state index contributed by atoms with van der Waals surface area (Å²) < 4.78 is 0. The summed E-state index contributed by atoms with van der Waals surface area (Å²) in [7, 11) is 0. The first kappa shape index (κ1) is 16.9. The molecule has 0 unspecified atom stereocenters. The minimum Gasteiger partial charge on any atom is -0.509 e. The zero-order chi connectivity index (χ0) is 17.5. The number of rotatable bonds is 3. The van der Waals surface area contributed by atoms with Gasteiger partial charge in [-0.1, -0.05) is 23.8 Å². The van der Waals surface area contributed by atoms with Crippen LogP contribution in [0.1, 0.15) is 29.5 Å². The highest BCUT2D eigenvalue weighted by Gasteiger charge is 2.55. The molecule has 0 aromatic heterocycles. The molecule has 3 N–H and O–H groups in total. The number of benzene rings is 1. The number of hydrogen-bond acceptors (Lipinski definition) is 6. The number of aliphatic hydroxyl groups excluding tert-OH is 2. The average Bonchev–Trinajstić information content (AvgIpc) is 2.73. The summed E-state index contributed by atoms with van der Waals surface area (Å²) in [6, 6.07) is 5.64. The van der Waals surface area contributed by atoms with Gasteiger partial charge in [0.15, 0.2) is 6.79 Å². The van der Waals surface area contributed by atoms with Crippen molar-refractivity contribution in [2.24, 2.45) is 0 Å². The lowest BCUT2D eigenvalue weighted by Gasteiger charge is -2.41. The highest BCUT2D eigenvalue weighted by Crippen LogP contribution is 2.45. The summed E-state index contributed by atoms with van der Waals surface area (Å²) in [5.74, 6) is -0.527. The topological polar surface area (TPSA) is 93.5 Å². The van der Waals surface area contributed by atoms with Crippen LogP contribution >= 0.6 is 0 Å². The molecule has 1 amide bonds. The number of aliphatic hydroxyl groups is 2. The molecule has 1 spiro atoms. The summed E-state index contributed by atoms with van der Waals surface area (Å²) in [6.07, 6.45) is 0.630. The van der Waals surface area contributed by atoms with Crippen molar-refractivity contribution in [3.8, 4) is 0 Å². The van der Waals surface area contributed by atoms with Crippen LogP contribution in [0.5, 0.6) is 0 Å². The molecule has 0 bridgehead atoms. The second-order valence-corrected chi connectivity index (χ2v) is 6.38. The van der Waals surface area contributed by atoms with Crippen LogP contribution in [-0.2, 0) is 9.63 Å². The van der Waals surface area contributed by atoms with E-state index < -0.39 is 18.2 Å². The average molecular weight is 334 g/mol. The van der Waals surface area contributed by atoms with Gasteiger partial charge < -0.3 is 15.4 Å². The minimum absolute atomic E-state index is 0.0546. The molecule has 0 aliphatic carbocycles. The lowest BCUT2D eigenvalue weighted by Crippen LogP contribution is -2.54. The molecule has 1 aromatic carbocycles. The van der Waals surface area contributed by atoms with Gasteiger partial charge >= 0.3 is 0 Å². The zero-order valence-electron chi connectivity index (χ0n) is 13.8. The van der Waals surface area contributed by atoms with Crippen molar-refractivity contribution in [3.63, 3.8) is 0 Å². The SMILES string of the molecule is Cc1ccc(C2=C(O)C3(CCN(O)CC3)N(OCO)C2=O)c(C)c1. The number of carbonyl (C=O) groups excluding carboxylic acids is 1. The van der Waals surface area contributed by atoms with Gasteiger partial charge in [0.1, 0.15) is 11.3 Å². The van der Waals surface area contributed by atoms with Gasteiger partial charge in [0.05, 0.1) is 5.57 Å². The summed E-state index contributed by atoms with van der Waals surface area (Å²) >= 11 is 0. The van der Waals surface area contributed by atoms with Crippen LogP contribution in [0.4, 0.5) is 0 Å². The highest BCUT2D eigenvalue weighted by atomic mass is 16.7. The summed E-state index contributed by atoms with van der Waals surface area (Å²) in [6.45, 7) is 3.77. The molecule has 1 saturated heterocycles. The molecule has 7 nitrogen and oxygen atoms in total. The van der Waals surface area contributed by atoms with E-state index in [0.717, 1.165) is 21.3 Å². The predicted octanol–water partition coefficient (Wildman–Crippen LogP) is 1.52. The van der Waals surface area contributed by atoms with Gasteiger partial charge in [-0.05, 0) is 37.8 Å². The van der Waals surface area contributed by atoms with Gasteiger partial charge in [0.2, 0.25) is 0 Å². The molecular weight excluding hydrogens is 312 g/mol. The molecule has 2 aliphatic rings. The molecule has 130 valence electrons. The highest BCUT2D eigenvalue weighted by molar-refractivity contribution is 6.23. The van der Waals surface area contributed by atoms with Gasteiger partial charge in [0, 0.05) is 13.1 Å². The van der Waals surface area contributed by atoms with Gasteiger partial charge in [-0.25, -0.2) is 9.90 Å². The van der Waals surface area contributed by atoms with E-state index in [4.69, 9.17) is 9.94 Å². The van der Waals surface area contributed by atoms with E-state index in [-0.39, 0.29) is 11.3 Å². The van der Waals surface area contributed by atoms with Crippen LogP contribution in [-0.4, -0.2) is 56.9 Å². The second kappa shape index (κ2) is 6.18. The summed E-state index contributed by atoms with van der Waals surface area (Å²) in [4.78, 5) is 18.1. The second-order valence-electron chi connectivity index (χ2n) is 6.38. The molecule has 24 heavy (non-hydrogen) atoms. The Labute approximate surface area is 140 Å². The summed E-state index contributed by atoms with van der Waals surface area (Å²) in [5.41, 5.74) is 1.75. The van der Waals surface area contributed by atoms with Crippen LogP contribution in [0.2, 0.25) is 0 Å². The summed E-state index contributed by atoms with van der Waals surface area (Å²) in [5, 5.41) is 31.9. The Morgan fingerprint density at radius 3 is 2.50 bits per heavy atom.